The Balaban J connectivity index is 2.53. The number of benzene rings is 1. The van der Waals surface area contributed by atoms with Crippen LogP contribution in [0.1, 0.15) is 25.3 Å². The fourth-order valence-corrected chi connectivity index (χ4v) is 2.48. The van der Waals surface area contributed by atoms with E-state index in [0.717, 1.165) is 5.56 Å². The number of carboxylic acid groups (broad SMARTS) is 1. The number of ketones is 1. The van der Waals surface area contributed by atoms with E-state index in [4.69, 9.17) is 5.11 Å². The van der Waals surface area contributed by atoms with Crippen LogP contribution >= 0.6 is 0 Å². The number of aliphatic hydroxyl groups is 1. The number of hydrogen-bond donors (Lipinski definition) is 2. The molecular weight excluding hydrogens is 348 g/mol. The lowest BCUT2D eigenvalue weighted by molar-refractivity contribution is -0.138. The van der Waals surface area contributed by atoms with Crippen molar-refractivity contribution in [1.29, 1.82) is 0 Å². The number of carbonyl (C=O) groups is 3. The van der Waals surface area contributed by atoms with Gasteiger partial charge in [0.05, 0.1) is 24.0 Å². The molecule has 0 aliphatic carbocycles. The average molecular weight is 368 g/mol. The monoisotopic (exact) mass is 368 g/mol. The molecular formula is C20H20N2O5. The Kier molecular flexibility index (Phi) is 6.43. The van der Waals surface area contributed by atoms with Crippen LogP contribution in [-0.2, 0) is 14.4 Å². The van der Waals surface area contributed by atoms with Crippen molar-refractivity contribution in [3.8, 4) is 11.3 Å². The lowest BCUT2D eigenvalue weighted by Gasteiger charge is -2.17. The molecule has 2 aromatic rings. The van der Waals surface area contributed by atoms with E-state index in [2.05, 4.69) is 4.98 Å². The molecule has 0 aliphatic rings. The minimum Gasteiger partial charge on any atom is -0.507 e. The predicted molar refractivity (Wildman–Crippen MR) is 101 cm³/mol. The van der Waals surface area contributed by atoms with Crippen molar-refractivity contribution in [2.24, 2.45) is 0 Å². The first-order valence-electron chi connectivity index (χ1n) is 8.24. The van der Waals surface area contributed by atoms with E-state index in [1.807, 2.05) is 30.3 Å². The van der Waals surface area contributed by atoms with Gasteiger partial charge in [-0.3, -0.25) is 19.4 Å². The van der Waals surface area contributed by atoms with Crippen molar-refractivity contribution in [2.45, 2.75) is 19.8 Å². The summed E-state index contributed by atoms with van der Waals surface area (Å²) in [6, 6.07) is 10.8. The predicted octanol–water partition coefficient (Wildman–Crippen LogP) is 3.06. The summed E-state index contributed by atoms with van der Waals surface area (Å²) in [5, 5.41) is 19.4. The summed E-state index contributed by atoms with van der Waals surface area (Å²) in [6.45, 7) is 1.42. The van der Waals surface area contributed by atoms with Crippen LogP contribution in [-0.4, -0.2) is 40.4 Å². The van der Waals surface area contributed by atoms with Crippen molar-refractivity contribution in [3.63, 3.8) is 0 Å². The molecule has 1 aromatic carbocycles. The molecule has 1 aromatic heterocycles. The Hall–Kier alpha value is -3.48. The fourth-order valence-electron chi connectivity index (χ4n) is 2.48. The SMILES string of the molecule is C/C(C(=O)CCC(=O)O)=C(/O)c1cc(-c2ccccc2)ncc1N(C)C=O. The van der Waals surface area contributed by atoms with Gasteiger partial charge in [0, 0.05) is 30.2 Å². The van der Waals surface area contributed by atoms with E-state index in [1.54, 1.807) is 6.07 Å². The highest BCUT2D eigenvalue weighted by molar-refractivity contribution is 6.03. The molecule has 0 fully saturated rings. The van der Waals surface area contributed by atoms with Crippen molar-refractivity contribution >= 4 is 29.6 Å². The smallest absolute Gasteiger partial charge is 0.303 e. The lowest BCUT2D eigenvalue weighted by atomic mass is 10.0. The van der Waals surface area contributed by atoms with E-state index in [9.17, 15) is 19.5 Å². The van der Waals surface area contributed by atoms with Gasteiger partial charge >= 0.3 is 5.97 Å². The van der Waals surface area contributed by atoms with Crippen LogP contribution in [0, 0.1) is 0 Å². The normalized spacial score (nSPS) is 11.5. The van der Waals surface area contributed by atoms with Crippen LogP contribution in [0.2, 0.25) is 0 Å². The lowest BCUT2D eigenvalue weighted by Crippen LogP contribution is -2.17. The highest BCUT2D eigenvalue weighted by Crippen LogP contribution is 2.30. The summed E-state index contributed by atoms with van der Waals surface area (Å²) >= 11 is 0. The summed E-state index contributed by atoms with van der Waals surface area (Å²) < 4.78 is 0. The Labute approximate surface area is 156 Å². The maximum atomic E-state index is 12.2. The number of hydrogen-bond acceptors (Lipinski definition) is 5. The molecule has 2 N–H and O–H groups in total. The number of allylic oxidation sites excluding steroid dienone is 1. The van der Waals surface area contributed by atoms with Crippen LogP contribution in [0.25, 0.3) is 17.0 Å². The van der Waals surface area contributed by atoms with E-state index in [1.165, 1.54) is 25.1 Å². The van der Waals surface area contributed by atoms with Gasteiger partial charge in [-0.2, -0.15) is 0 Å². The van der Waals surface area contributed by atoms with Crippen LogP contribution in [0.3, 0.4) is 0 Å². The molecule has 0 bridgehead atoms. The summed E-state index contributed by atoms with van der Waals surface area (Å²) in [5.74, 6) is -1.88. The van der Waals surface area contributed by atoms with Crippen LogP contribution in [0.15, 0.2) is 48.2 Å². The third kappa shape index (κ3) is 4.78. The summed E-state index contributed by atoms with van der Waals surface area (Å²) in [5.41, 5.74) is 1.99. The number of amides is 1. The average Bonchev–Trinajstić information content (AvgIpc) is 2.70. The number of carbonyl (C=O) groups excluding carboxylic acids is 2. The van der Waals surface area contributed by atoms with Gasteiger partial charge in [-0.05, 0) is 13.0 Å². The number of anilines is 1. The standard InChI is InChI=1S/C20H20N2O5/c1-13(18(24)8-9-19(25)26)20(27)15-10-16(14-6-4-3-5-7-14)21-11-17(15)22(2)12-23/h3-7,10-12,27H,8-9H2,1-2H3,(H,25,26)/b20-13-. The Morgan fingerprint density at radius 2 is 1.81 bits per heavy atom. The van der Waals surface area contributed by atoms with Gasteiger partial charge < -0.3 is 15.1 Å². The number of aliphatic hydroxyl groups excluding tert-OH is 1. The molecule has 7 heteroatoms. The third-order valence-corrected chi connectivity index (χ3v) is 4.09. The van der Waals surface area contributed by atoms with E-state index < -0.39 is 11.8 Å². The minimum atomic E-state index is -1.09. The van der Waals surface area contributed by atoms with Gasteiger partial charge in [-0.15, -0.1) is 0 Å². The van der Waals surface area contributed by atoms with Gasteiger partial charge in [0.2, 0.25) is 6.41 Å². The second kappa shape index (κ2) is 8.75. The first kappa shape index (κ1) is 19.8. The molecule has 140 valence electrons. The quantitative estimate of drug-likeness (QED) is 0.421. The Morgan fingerprint density at radius 1 is 1.15 bits per heavy atom. The highest BCUT2D eigenvalue weighted by atomic mass is 16.4. The van der Waals surface area contributed by atoms with Gasteiger partial charge in [-0.1, -0.05) is 30.3 Å². The van der Waals surface area contributed by atoms with Gasteiger partial charge in [0.15, 0.2) is 5.78 Å². The zero-order valence-electron chi connectivity index (χ0n) is 15.0. The minimum absolute atomic E-state index is 0.0296. The second-order valence-electron chi connectivity index (χ2n) is 5.96. The number of nitrogens with zero attached hydrogens (tertiary/aromatic N) is 2. The van der Waals surface area contributed by atoms with E-state index in [-0.39, 0.29) is 29.7 Å². The molecule has 0 aliphatic heterocycles. The van der Waals surface area contributed by atoms with Crippen LogP contribution < -0.4 is 4.90 Å². The molecule has 0 atom stereocenters. The van der Waals surface area contributed by atoms with Gasteiger partial charge in [0.25, 0.3) is 0 Å². The van der Waals surface area contributed by atoms with Crippen molar-refractivity contribution in [1.82, 2.24) is 4.98 Å². The first-order valence-corrected chi connectivity index (χ1v) is 8.24. The zero-order chi connectivity index (χ0) is 20.0. The van der Waals surface area contributed by atoms with Gasteiger partial charge in [-0.25, -0.2) is 0 Å². The van der Waals surface area contributed by atoms with Crippen molar-refractivity contribution in [2.75, 3.05) is 11.9 Å². The molecule has 0 saturated carbocycles. The number of aliphatic carboxylic acids is 1. The first-order chi connectivity index (χ1) is 12.8. The molecule has 0 saturated heterocycles. The second-order valence-corrected chi connectivity index (χ2v) is 5.96. The molecule has 0 radical (unpaired) electrons. The summed E-state index contributed by atoms with van der Waals surface area (Å²) in [7, 11) is 1.50. The number of carboxylic acids is 1. The molecule has 0 spiro atoms. The Bertz CT molecular complexity index is 891. The molecule has 0 unspecified atom stereocenters. The van der Waals surface area contributed by atoms with Gasteiger partial charge in [0.1, 0.15) is 5.76 Å². The van der Waals surface area contributed by atoms with E-state index >= 15 is 0 Å². The molecule has 7 nitrogen and oxygen atoms in total. The topological polar surface area (TPSA) is 108 Å². The fraction of sp³-hybridized carbons (Fsp3) is 0.200. The largest absolute Gasteiger partial charge is 0.507 e. The number of rotatable bonds is 8. The van der Waals surface area contributed by atoms with Crippen molar-refractivity contribution in [3.05, 3.63) is 53.7 Å². The molecule has 1 heterocycles. The maximum Gasteiger partial charge on any atom is 0.303 e. The van der Waals surface area contributed by atoms with Crippen LogP contribution in [0.5, 0.6) is 0 Å². The zero-order valence-corrected chi connectivity index (χ0v) is 15.0. The highest BCUT2D eigenvalue weighted by Gasteiger charge is 2.19. The summed E-state index contributed by atoms with van der Waals surface area (Å²) in [6.07, 6.45) is 1.46. The number of Topliss-reactive ketones (excluding diaryl/α,β-unsaturated/α-hetero) is 1. The van der Waals surface area contributed by atoms with E-state index in [0.29, 0.717) is 17.8 Å². The maximum absolute atomic E-state index is 12.2. The molecule has 27 heavy (non-hydrogen) atoms. The van der Waals surface area contributed by atoms with Crippen LogP contribution in [0.4, 0.5) is 5.69 Å². The number of aromatic nitrogens is 1. The van der Waals surface area contributed by atoms with Crippen molar-refractivity contribution < 1.29 is 24.6 Å². The third-order valence-electron chi connectivity index (χ3n) is 4.09. The molecule has 1 amide bonds. The number of pyridine rings is 1. The summed E-state index contributed by atoms with van der Waals surface area (Å²) in [4.78, 5) is 39.6. The Morgan fingerprint density at radius 3 is 2.41 bits per heavy atom. The molecule has 2 rings (SSSR count).